The zero-order valence-electron chi connectivity index (χ0n) is 18.9. The number of esters is 1. The molecule has 0 spiro atoms. The Kier molecular flexibility index (Phi) is 9.25. The zero-order chi connectivity index (χ0) is 24.4. The summed E-state index contributed by atoms with van der Waals surface area (Å²) in [4.78, 5) is 24.0. The highest BCUT2D eigenvalue weighted by atomic mass is 32.2. The smallest absolute Gasteiger partial charge is 0.309 e. The van der Waals surface area contributed by atoms with Crippen LogP contribution >= 0.6 is 0 Å². The summed E-state index contributed by atoms with van der Waals surface area (Å²) >= 11 is 0. The molecule has 2 aromatic carbocycles. The summed E-state index contributed by atoms with van der Waals surface area (Å²) in [6.45, 7) is 3.44. The number of carbonyl (C=O) groups excluding carboxylic acids is 2. The first kappa shape index (κ1) is 25.5. The predicted molar refractivity (Wildman–Crippen MR) is 123 cm³/mol. The first-order chi connectivity index (χ1) is 16.4. The van der Waals surface area contributed by atoms with Gasteiger partial charge in [0, 0.05) is 18.8 Å². The van der Waals surface area contributed by atoms with Crippen molar-refractivity contribution in [3.8, 4) is 11.5 Å². The lowest BCUT2D eigenvalue weighted by atomic mass is 10.3. The second kappa shape index (κ2) is 12.4. The topological polar surface area (TPSA) is 120 Å². The van der Waals surface area contributed by atoms with Crippen LogP contribution in [0.15, 0.2) is 53.4 Å². The number of morpholine rings is 1. The quantitative estimate of drug-likeness (QED) is 0.473. The summed E-state index contributed by atoms with van der Waals surface area (Å²) in [6, 6.07) is 12.8. The first-order valence-corrected chi connectivity index (χ1v) is 12.3. The van der Waals surface area contributed by atoms with Gasteiger partial charge in [0.2, 0.25) is 10.0 Å². The zero-order valence-corrected chi connectivity index (χ0v) is 19.7. The molecule has 1 aliphatic rings. The van der Waals surface area contributed by atoms with Crippen molar-refractivity contribution >= 4 is 27.6 Å². The SMILES string of the molecule is CCOc1ccc(OCCC(=O)OCC(=O)Nc2ccc(S(=O)(=O)N3CCOCC3)cc2)cc1. The van der Waals surface area contributed by atoms with E-state index >= 15 is 0 Å². The van der Waals surface area contributed by atoms with Gasteiger partial charge in [-0.15, -0.1) is 0 Å². The second-order valence-corrected chi connectivity index (χ2v) is 9.19. The molecule has 0 unspecified atom stereocenters. The Hall–Kier alpha value is -3.15. The largest absolute Gasteiger partial charge is 0.494 e. The van der Waals surface area contributed by atoms with Gasteiger partial charge in [-0.3, -0.25) is 9.59 Å². The van der Waals surface area contributed by atoms with Crippen molar-refractivity contribution in [3.05, 3.63) is 48.5 Å². The van der Waals surface area contributed by atoms with E-state index in [1.807, 2.05) is 6.92 Å². The monoisotopic (exact) mass is 492 g/mol. The van der Waals surface area contributed by atoms with Gasteiger partial charge in [-0.05, 0) is 55.5 Å². The van der Waals surface area contributed by atoms with Crippen molar-refractivity contribution in [3.63, 3.8) is 0 Å². The van der Waals surface area contributed by atoms with Gasteiger partial charge >= 0.3 is 5.97 Å². The van der Waals surface area contributed by atoms with Gasteiger partial charge in [-0.25, -0.2) is 8.42 Å². The highest BCUT2D eigenvalue weighted by Gasteiger charge is 2.26. The molecule has 0 aromatic heterocycles. The molecular formula is C23H28N2O8S. The average molecular weight is 493 g/mol. The predicted octanol–water partition coefficient (Wildman–Crippen LogP) is 2.06. The van der Waals surface area contributed by atoms with E-state index in [1.165, 1.54) is 28.6 Å². The van der Waals surface area contributed by atoms with Crippen LogP contribution in [0, 0.1) is 0 Å². The number of hydrogen-bond acceptors (Lipinski definition) is 8. The molecule has 0 aliphatic carbocycles. The van der Waals surface area contributed by atoms with Crippen LogP contribution in [0.1, 0.15) is 13.3 Å². The number of nitrogens with one attached hydrogen (secondary N) is 1. The molecule has 10 nitrogen and oxygen atoms in total. The summed E-state index contributed by atoms with van der Waals surface area (Å²) < 4.78 is 47.6. The Balaban J connectivity index is 1.38. The molecule has 0 bridgehead atoms. The first-order valence-electron chi connectivity index (χ1n) is 10.9. The Morgan fingerprint density at radius 2 is 1.59 bits per heavy atom. The van der Waals surface area contributed by atoms with Crippen molar-refractivity contribution in [1.29, 1.82) is 0 Å². The standard InChI is InChI=1S/C23H28N2O8S/c1-2-31-19-5-7-20(8-6-19)32-14-11-23(27)33-17-22(26)24-18-3-9-21(10-4-18)34(28,29)25-12-15-30-16-13-25/h3-10H,2,11-17H2,1H3,(H,24,26). The normalized spacial score (nSPS) is 14.3. The van der Waals surface area contributed by atoms with E-state index in [-0.39, 0.29) is 17.9 Å². The van der Waals surface area contributed by atoms with E-state index < -0.39 is 28.5 Å². The van der Waals surface area contributed by atoms with Crippen molar-refractivity contribution in [2.75, 3.05) is 51.4 Å². The molecule has 1 N–H and O–H groups in total. The summed E-state index contributed by atoms with van der Waals surface area (Å²) in [5.41, 5.74) is 0.390. The Labute approximate surface area is 198 Å². The Morgan fingerprint density at radius 1 is 0.971 bits per heavy atom. The summed E-state index contributed by atoms with van der Waals surface area (Å²) in [5, 5.41) is 2.57. The Bertz CT molecular complexity index is 1050. The van der Waals surface area contributed by atoms with Crippen molar-refractivity contribution < 1.29 is 37.0 Å². The van der Waals surface area contributed by atoms with Crippen LogP contribution in [-0.2, 0) is 29.1 Å². The van der Waals surface area contributed by atoms with Crippen molar-refractivity contribution in [2.24, 2.45) is 0 Å². The molecule has 184 valence electrons. The minimum absolute atomic E-state index is 0.0193. The van der Waals surface area contributed by atoms with Gasteiger partial charge in [-0.1, -0.05) is 0 Å². The van der Waals surface area contributed by atoms with Crippen LogP contribution in [0.5, 0.6) is 11.5 Å². The van der Waals surface area contributed by atoms with Crippen LogP contribution in [0.4, 0.5) is 5.69 Å². The van der Waals surface area contributed by atoms with Gasteiger partial charge in [0.15, 0.2) is 6.61 Å². The van der Waals surface area contributed by atoms with Gasteiger partial charge in [0.1, 0.15) is 11.5 Å². The Morgan fingerprint density at radius 3 is 2.21 bits per heavy atom. The number of hydrogen-bond donors (Lipinski definition) is 1. The average Bonchev–Trinajstić information content (AvgIpc) is 2.85. The molecule has 2 aromatic rings. The maximum Gasteiger partial charge on any atom is 0.309 e. The number of rotatable bonds is 11. The van der Waals surface area contributed by atoms with Gasteiger partial charge in [0.25, 0.3) is 5.91 Å². The van der Waals surface area contributed by atoms with E-state index in [2.05, 4.69) is 5.32 Å². The fraction of sp³-hybridized carbons (Fsp3) is 0.391. The van der Waals surface area contributed by atoms with Gasteiger partial charge < -0.3 is 24.3 Å². The third-order valence-electron chi connectivity index (χ3n) is 4.82. The van der Waals surface area contributed by atoms with Crippen LogP contribution < -0.4 is 14.8 Å². The molecule has 3 rings (SSSR count). The summed E-state index contributed by atoms with van der Waals surface area (Å²) in [7, 11) is -3.61. The number of ether oxygens (including phenoxy) is 4. The number of amides is 1. The lowest BCUT2D eigenvalue weighted by molar-refractivity contribution is -0.147. The van der Waals surface area contributed by atoms with E-state index in [9.17, 15) is 18.0 Å². The van der Waals surface area contributed by atoms with Gasteiger partial charge in [-0.2, -0.15) is 4.31 Å². The van der Waals surface area contributed by atoms with Gasteiger partial charge in [0.05, 0.1) is 37.7 Å². The van der Waals surface area contributed by atoms with Crippen LogP contribution in [0.2, 0.25) is 0 Å². The molecule has 1 fully saturated rings. The number of benzene rings is 2. The molecule has 0 radical (unpaired) electrons. The fourth-order valence-corrected chi connectivity index (χ4v) is 4.52. The fourth-order valence-electron chi connectivity index (χ4n) is 3.11. The summed E-state index contributed by atoms with van der Waals surface area (Å²) in [5.74, 6) is 0.208. The molecule has 1 saturated heterocycles. The minimum Gasteiger partial charge on any atom is -0.494 e. The minimum atomic E-state index is -3.61. The number of anilines is 1. The van der Waals surface area contributed by atoms with E-state index in [0.29, 0.717) is 44.3 Å². The molecule has 11 heteroatoms. The van der Waals surface area contributed by atoms with E-state index in [4.69, 9.17) is 18.9 Å². The van der Waals surface area contributed by atoms with E-state index in [1.54, 1.807) is 24.3 Å². The molecule has 1 amide bonds. The van der Waals surface area contributed by atoms with Crippen LogP contribution in [0.25, 0.3) is 0 Å². The molecular weight excluding hydrogens is 464 g/mol. The second-order valence-electron chi connectivity index (χ2n) is 7.25. The highest BCUT2D eigenvalue weighted by molar-refractivity contribution is 7.89. The maximum atomic E-state index is 12.6. The summed E-state index contributed by atoms with van der Waals surface area (Å²) in [6.07, 6.45) is -0.0193. The lowest BCUT2D eigenvalue weighted by Crippen LogP contribution is -2.40. The molecule has 1 aliphatic heterocycles. The number of carbonyl (C=O) groups is 2. The molecule has 0 atom stereocenters. The van der Waals surface area contributed by atoms with Crippen molar-refractivity contribution in [1.82, 2.24) is 4.31 Å². The van der Waals surface area contributed by atoms with Crippen LogP contribution in [0.3, 0.4) is 0 Å². The molecule has 34 heavy (non-hydrogen) atoms. The van der Waals surface area contributed by atoms with Crippen LogP contribution in [-0.4, -0.2) is 70.7 Å². The third-order valence-corrected chi connectivity index (χ3v) is 6.73. The van der Waals surface area contributed by atoms with Crippen molar-refractivity contribution in [2.45, 2.75) is 18.2 Å². The van der Waals surface area contributed by atoms with E-state index in [0.717, 1.165) is 5.75 Å². The lowest BCUT2D eigenvalue weighted by Gasteiger charge is -2.26. The molecule has 1 heterocycles. The number of sulfonamides is 1. The third kappa shape index (κ3) is 7.44. The maximum absolute atomic E-state index is 12.6. The number of nitrogens with zero attached hydrogens (tertiary/aromatic N) is 1. The molecule has 0 saturated carbocycles. The highest BCUT2D eigenvalue weighted by Crippen LogP contribution is 2.20.